The molecule has 2 rings (SSSR count). The van der Waals surface area contributed by atoms with E-state index in [1.54, 1.807) is 15.9 Å². The molecule has 1 aliphatic rings. The van der Waals surface area contributed by atoms with Crippen molar-refractivity contribution in [1.82, 2.24) is 9.80 Å². The van der Waals surface area contributed by atoms with E-state index in [2.05, 4.69) is 21.2 Å². The van der Waals surface area contributed by atoms with Gasteiger partial charge in [-0.3, -0.25) is 14.4 Å². The first-order chi connectivity index (χ1) is 10.9. The van der Waals surface area contributed by atoms with Gasteiger partial charge in [0, 0.05) is 43.3 Å². The molecule has 0 atom stereocenters. The Morgan fingerprint density at radius 3 is 2.30 bits per heavy atom. The number of piperazine rings is 1. The second kappa shape index (κ2) is 7.59. The molecule has 0 radical (unpaired) electrons. The van der Waals surface area contributed by atoms with Gasteiger partial charge in [0.25, 0.3) is 0 Å². The zero-order valence-corrected chi connectivity index (χ0v) is 14.9. The normalized spacial score (nSPS) is 14.6. The smallest absolute Gasteiger partial charge is 0.233 e. The second-order valence-electron chi connectivity index (χ2n) is 5.57. The number of carbonyl (C=O) groups is 3. The Morgan fingerprint density at radius 1 is 1.13 bits per heavy atom. The number of carbonyl (C=O) groups excluding carboxylic acids is 3. The Morgan fingerprint density at radius 2 is 1.74 bits per heavy atom. The topological polar surface area (TPSA) is 69.7 Å². The zero-order valence-electron chi connectivity index (χ0n) is 13.3. The lowest BCUT2D eigenvalue weighted by Crippen LogP contribution is -2.50. The molecule has 0 saturated carbocycles. The van der Waals surface area contributed by atoms with Crippen LogP contribution in [0.2, 0.25) is 0 Å². The lowest BCUT2D eigenvalue weighted by atomic mass is 10.2. The quantitative estimate of drug-likeness (QED) is 0.811. The summed E-state index contributed by atoms with van der Waals surface area (Å²) in [6.07, 6.45) is -0.185. The first-order valence-corrected chi connectivity index (χ1v) is 8.25. The molecule has 0 bridgehead atoms. The maximum Gasteiger partial charge on any atom is 0.233 e. The molecule has 1 saturated heterocycles. The van der Waals surface area contributed by atoms with Crippen LogP contribution >= 0.6 is 15.9 Å². The highest BCUT2D eigenvalue weighted by Gasteiger charge is 2.23. The van der Waals surface area contributed by atoms with Gasteiger partial charge in [-0.2, -0.15) is 0 Å². The van der Waals surface area contributed by atoms with Crippen molar-refractivity contribution in [2.24, 2.45) is 0 Å². The Bertz CT molecular complexity index is 625. The summed E-state index contributed by atoms with van der Waals surface area (Å²) in [5.74, 6) is -0.518. The number of benzene rings is 1. The third-order valence-corrected chi connectivity index (χ3v) is 4.35. The van der Waals surface area contributed by atoms with Crippen molar-refractivity contribution >= 4 is 39.3 Å². The molecule has 1 aliphatic heterocycles. The number of rotatable bonds is 3. The van der Waals surface area contributed by atoms with Crippen LogP contribution in [-0.2, 0) is 14.4 Å². The van der Waals surface area contributed by atoms with E-state index in [1.807, 2.05) is 19.1 Å². The van der Waals surface area contributed by atoms with Gasteiger partial charge in [0.15, 0.2) is 0 Å². The number of aryl methyl sites for hydroxylation is 1. The Hall–Kier alpha value is -1.89. The van der Waals surface area contributed by atoms with E-state index >= 15 is 0 Å². The maximum atomic E-state index is 12.2. The molecule has 124 valence electrons. The Kier molecular flexibility index (Phi) is 5.76. The SMILES string of the molecule is CC(=O)N1CCN(C(=O)CC(=O)Nc2ccc(Br)cc2C)CC1. The monoisotopic (exact) mass is 381 g/mol. The fourth-order valence-corrected chi connectivity index (χ4v) is 2.96. The van der Waals surface area contributed by atoms with Gasteiger partial charge >= 0.3 is 0 Å². The molecular weight excluding hydrogens is 362 g/mol. The van der Waals surface area contributed by atoms with Gasteiger partial charge in [-0.25, -0.2) is 0 Å². The van der Waals surface area contributed by atoms with Crippen LogP contribution in [0.15, 0.2) is 22.7 Å². The summed E-state index contributed by atoms with van der Waals surface area (Å²) in [6.45, 7) is 5.41. The summed E-state index contributed by atoms with van der Waals surface area (Å²) >= 11 is 3.37. The number of nitrogens with one attached hydrogen (secondary N) is 1. The number of halogens is 1. The molecule has 1 heterocycles. The van der Waals surface area contributed by atoms with E-state index in [0.717, 1.165) is 10.0 Å². The van der Waals surface area contributed by atoms with Crippen molar-refractivity contribution in [3.8, 4) is 0 Å². The second-order valence-corrected chi connectivity index (χ2v) is 6.49. The molecule has 0 aliphatic carbocycles. The molecule has 0 aromatic heterocycles. The fraction of sp³-hybridized carbons (Fsp3) is 0.438. The summed E-state index contributed by atoms with van der Waals surface area (Å²) in [7, 11) is 0. The first-order valence-electron chi connectivity index (χ1n) is 7.46. The van der Waals surface area contributed by atoms with E-state index in [0.29, 0.717) is 31.9 Å². The van der Waals surface area contributed by atoms with Gasteiger partial charge in [-0.05, 0) is 30.7 Å². The lowest BCUT2D eigenvalue weighted by molar-refractivity contribution is -0.140. The van der Waals surface area contributed by atoms with Gasteiger partial charge in [0.1, 0.15) is 6.42 Å². The van der Waals surface area contributed by atoms with E-state index in [1.165, 1.54) is 6.92 Å². The molecule has 7 heteroatoms. The number of nitrogens with zero attached hydrogens (tertiary/aromatic N) is 2. The summed E-state index contributed by atoms with van der Waals surface area (Å²) in [4.78, 5) is 38.8. The molecule has 1 aromatic rings. The van der Waals surface area contributed by atoms with Crippen molar-refractivity contribution in [3.05, 3.63) is 28.2 Å². The Balaban J connectivity index is 1.85. The van der Waals surface area contributed by atoms with E-state index in [4.69, 9.17) is 0 Å². The van der Waals surface area contributed by atoms with Crippen molar-refractivity contribution in [3.63, 3.8) is 0 Å². The maximum absolute atomic E-state index is 12.2. The third-order valence-electron chi connectivity index (χ3n) is 3.85. The van der Waals surface area contributed by atoms with Crippen molar-refractivity contribution < 1.29 is 14.4 Å². The van der Waals surface area contributed by atoms with E-state index in [-0.39, 0.29) is 24.1 Å². The standard InChI is InChI=1S/C16H20BrN3O3/c1-11-9-13(17)3-4-14(11)18-15(22)10-16(23)20-7-5-19(6-8-20)12(2)21/h3-4,9H,5-8,10H2,1-2H3,(H,18,22). The average Bonchev–Trinajstić information content (AvgIpc) is 2.50. The largest absolute Gasteiger partial charge is 0.339 e. The van der Waals surface area contributed by atoms with Crippen molar-refractivity contribution in [2.45, 2.75) is 20.3 Å². The average molecular weight is 382 g/mol. The molecule has 6 nitrogen and oxygen atoms in total. The summed E-state index contributed by atoms with van der Waals surface area (Å²) in [5.41, 5.74) is 1.63. The number of anilines is 1. The first kappa shape index (κ1) is 17.5. The van der Waals surface area contributed by atoms with Gasteiger partial charge in [-0.15, -0.1) is 0 Å². The van der Waals surface area contributed by atoms with Crippen LogP contribution in [0.5, 0.6) is 0 Å². The molecule has 0 unspecified atom stereocenters. The minimum atomic E-state index is -0.325. The fourth-order valence-electron chi connectivity index (χ4n) is 2.48. The number of hydrogen-bond acceptors (Lipinski definition) is 3. The van der Waals surface area contributed by atoms with Gasteiger partial charge in [0.05, 0.1) is 0 Å². The van der Waals surface area contributed by atoms with Gasteiger partial charge in [-0.1, -0.05) is 15.9 Å². The van der Waals surface area contributed by atoms with Crippen LogP contribution in [0, 0.1) is 6.92 Å². The van der Waals surface area contributed by atoms with Crippen molar-refractivity contribution in [1.29, 1.82) is 0 Å². The minimum Gasteiger partial charge on any atom is -0.339 e. The zero-order chi connectivity index (χ0) is 17.0. The minimum absolute atomic E-state index is 0.0144. The van der Waals surface area contributed by atoms with Crippen LogP contribution in [0.4, 0.5) is 5.69 Å². The molecule has 0 spiro atoms. The van der Waals surface area contributed by atoms with Crippen LogP contribution in [-0.4, -0.2) is 53.7 Å². The van der Waals surface area contributed by atoms with E-state index < -0.39 is 0 Å². The van der Waals surface area contributed by atoms with Gasteiger partial charge in [0.2, 0.25) is 17.7 Å². The molecule has 23 heavy (non-hydrogen) atoms. The molecule has 1 N–H and O–H groups in total. The summed E-state index contributed by atoms with van der Waals surface area (Å²) in [5, 5.41) is 2.76. The van der Waals surface area contributed by atoms with Crippen LogP contribution in [0.3, 0.4) is 0 Å². The summed E-state index contributed by atoms with van der Waals surface area (Å²) < 4.78 is 0.937. The van der Waals surface area contributed by atoms with Gasteiger partial charge < -0.3 is 15.1 Å². The Labute approximate surface area is 143 Å². The van der Waals surface area contributed by atoms with Crippen molar-refractivity contribution in [2.75, 3.05) is 31.5 Å². The van der Waals surface area contributed by atoms with Crippen LogP contribution < -0.4 is 5.32 Å². The number of hydrogen-bond donors (Lipinski definition) is 1. The molecule has 1 aromatic carbocycles. The predicted molar refractivity (Wildman–Crippen MR) is 91.0 cm³/mol. The highest BCUT2D eigenvalue weighted by atomic mass is 79.9. The predicted octanol–water partition coefficient (Wildman–Crippen LogP) is 1.78. The summed E-state index contributed by atoms with van der Waals surface area (Å²) in [6, 6.07) is 5.54. The van der Waals surface area contributed by atoms with Crippen LogP contribution in [0.25, 0.3) is 0 Å². The third kappa shape index (κ3) is 4.79. The molecule has 3 amide bonds. The number of amides is 3. The molecular formula is C16H20BrN3O3. The van der Waals surface area contributed by atoms with E-state index in [9.17, 15) is 14.4 Å². The lowest BCUT2D eigenvalue weighted by Gasteiger charge is -2.34. The van der Waals surface area contributed by atoms with Crippen LogP contribution in [0.1, 0.15) is 18.9 Å². The highest BCUT2D eigenvalue weighted by molar-refractivity contribution is 9.10. The molecule has 1 fully saturated rings. The highest BCUT2D eigenvalue weighted by Crippen LogP contribution is 2.20.